The summed E-state index contributed by atoms with van der Waals surface area (Å²) in [6.07, 6.45) is 1.72. The molecule has 1 heterocycles. The van der Waals surface area contributed by atoms with Gasteiger partial charge < -0.3 is 20.3 Å². The summed E-state index contributed by atoms with van der Waals surface area (Å²) in [5.74, 6) is 0.872. The third-order valence-corrected chi connectivity index (χ3v) is 2.83. The largest absolute Gasteiger partial charge is 0.444 e. The molecule has 0 bridgehead atoms. The first-order valence-electron chi connectivity index (χ1n) is 7.42. The molecule has 0 unspecified atom stereocenters. The molecule has 0 fully saturated rings. The van der Waals surface area contributed by atoms with Gasteiger partial charge in [-0.25, -0.2) is 4.79 Å². The zero-order valence-electron chi connectivity index (χ0n) is 13.6. The van der Waals surface area contributed by atoms with Gasteiger partial charge in [0.15, 0.2) is 5.96 Å². The van der Waals surface area contributed by atoms with Gasteiger partial charge in [0.2, 0.25) is 0 Å². The fourth-order valence-corrected chi connectivity index (χ4v) is 1.83. The molecule has 1 rings (SSSR count). The minimum atomic E-state index is -0.441. The fourth-order valence-electron chi connectivity index (χ4n) is 1.83. The Kier molecular flexibility index (Phi) is 9.72. The van der Waals surface area contributed by atoms with Crippen LogP contribution >= 0.6 is 24.0 Å². The van der Waals surface area contributed by atoms with Gasteiger partial charge in [0.05, 0.1) is 0 Å². The Morgan fingerprint density at radius 3 is 2.71 bits per heavy atom. The third-order valence-electron chi connectivity index (χ3n) is 2.83. The predicted octanol–water partition coefficient (Wildman–Crippen LogP) is 2.19. The highest BCUT2D eigenvalue weighted by Gasteiger charge is 2.20. The van der Waals surface area contributed by atoms with Crippen molar-refractivity contribution in [3.63, 3.8) is 0 Å². The monoisotopic (exact) mass is 412 g/mol. The van der Waals surface area contributed by atoms with E-state index in [9.17, 15) is 4.79 Å². The third kappa shape index (κ3) is 9.00. The molecule has 0 atom stereocenters. The van der Waals surface area contributed by atoms with Crippen molar-refractivity contribution in [2.24, 2.45) is 4.99 Å². The molecule has 7 heteroatoms. The van der Waals surface area contributed by atoms with Crippen molar-refractivity contribution in [2.75, 3.05) is 32.7 Å². The second-order valence-electron chi connectivity index (χ2n) is 5.85. The van der Waals surface area contributed by atoms with E-state index in [1.807, 2.05) is 27.7 Å². The maximum atomic E-state index is 11.9. The van der Waals surface area contributed by atoms with Crippen molar-refractivity contribution in [3.05, 3.63) is 0 Å². The van der Waals surface area contributed by atoms with E-state index in [1.54, 1.807) is 4.90 Å². The first-order valence-corrected chi connectivity index (χ1v) is 7.42. The van der Waals surface area contributed by atoms with E-state index in [2.05, 4.69) is 15.6 Å². The van der Waals surface area contributed by atoms with Crippen LogP contribution in [0.25, 0.3) is 0 Å². The van der Waals surface area contributed by atoms with Crippen molar-refractivity contribution in [2.45, 2.75) is 46.1 Å². The lowest BCUT2D eigenvalue weighted by atomic mass is 10.2. The molecule has 0 saturated carbocycles. The van der Waals surface area contributed by atoms with Crippen LogP contribution in [-0.4, -0.2) is 55.3 Å². The van der Waals surface area contributed by atoms with E-state index >= 15 is 0 Å². The highest BCUT2D eigenvalue weighted by atomic mass is 127. The average Bonchev–Trinajstić information content (AvgIpc) is 2.38. The second-order valence-corrected chi connectivity index (χ2v) is 5.85. The van der Waals surface area contributed by atoms with Gasteiger partial charge in [-0.15, -0.1) is 24.0 Å². The molecular weight excluding hydrogens is 383 g/mol. The molecule has 124 valence electrons. The zero-order valence-corrected chi connectivity index (χ0v) is 15.9. The summed E-state index contributed by atoms with van der Waals surface area (Å²) in [6, 6.07) is 0. The lowest BCUT2D eigenvalue weighted by Crippen LogP contribution is -2.42. The Hall–Kier alpha value is -0.730. The Labute approximate surface area is 145 Å². The zero-order chi connectivity index (χ0) is 15.0. The number of nitrogens with zero attached hydrogens (tertiary/aromatic N) is 2. The number of hydrogen-bond donors (Lipinski definition) is 2. The summed E-state index contributed by atoms with van der Waals surface area (Å²) in [6.45, 7) is 11.6. The van der Waals surface area contributed by atoms with Gasteiger partial charge >= 0.3 is 6.09 Å². The number of rotatable bonds is 5. The van der Waals surface area contributed by atoms with Crippen LogP contribution in [0.4, 0.5) is 4.79 Å². The summed E-state index contributed by atoms with van der Waals surface area (Å²) in [5, 5.41) is 6.46. The van der Waals surface area contributed by atoms with Crippen LogP contribution in [0.1, 0.15) is 40.5 Å². The fraction of sp³-hybridized carbons (Fsp3) is 0.857. The lowest BCUT2D eigenvalue weighted by molar-refractivity contribution is 0.0259. The van der Waals surface area contributed by atoms with Crippen molar-refractivity contribution in [1.82, 2.24) is 15.5 Å². The number of amides is 1. The number of guanidine groups is 1. The molecule has 0 aromatic rings. The molecule has 0 aromatic carbocycles. The van der Waals surface area contributed by atoms with Crippen molar-refractivity contribution >= 4 is 36.0 Å². The van der Waals surface area contributed by atoms with E-state index in [4.69, 9.17) is 4.74 Å². The van der Waals surface area contributed by atoms with Gasteiger partial charge in [0.25, 0.3) is 0 Å². The first-order chi connectivity index (χ1) is 9.42. The van der Waals surface area contributed by atoms with E-state index in [-0.39, 0.29) is 30.1 Å². The van der Waals surface area contributed by atoms with E-state index in [0.29, 0.717) is 13.1 Å². The SMILES string of the molecule is CCN(CCCNC1=NCCCN1)C(=O)OC(C)(C)C.I. The van der Waals surface area contributed by atoms with Crippen LogP contribution in [-0.2, 0) is 4.74 Å². The smallest absolute Gasteiger partial charge is 0.410 e. The number of carbonyl (C=O) groups excluding carboxylic acids is 1. The normalized spacial score (nSPS) is 14.4. The minimum Gasteiger partial charge on any atom is -0.444 e. The van der Waals surface area contributed by atoms with Crippen molar-refractivity contribution < 1.29 is 9.53 Å². The summed E-state index contributed by atoms with van der Waals surface area (Å²) in [5.41, 5.74) is -0.441. The van der Waals surface area contributed by atoms with Gasteiger partial charge in [-0.1, -0.05) is 0 Å². The Balaban J connectivity index is 0.00000400. The van der Waals surface area contributed by atoms with E-state index in [0.717, 1.165) is 38.4 Å². The Morgan fingerprint density at radius 1 is 1.48 bits per heavy atom. The number of hydrogen-bond acceptors (Lipinski definition) is 5. The summed E-state index contributed by atoms with van der Waals surface area (Å²) in [4.78, 5) is 18.0. The molecule has 0 radical (unpaired) electrons. The summed E-state index contributed by atoms with van der Waals surface area (Å²) < 4.78 is 5.37. The topological polar surface area (TPSA) is 66.0 Å². The predicted molar refractivity (Wildman–Crippen MR) is 96.4 cm³/mol. The molecule has 0 spiro atoms. The quantitative estimate of drug-likeness (QED) is 0.537. The highest BCUT2D eigenvalue weighted by Crippen LogP contribution is 2.09. The lowest BCUT2D eigenvalue weighted by Gasteiger charge is -2.26. The molecule has 0 saturated heterocycles. The summed E-state index contributed by atoms with van der Waals surface area (Å²) >= 11 is 0. The van der Waals surface area contributed by atoms with Gasteiger partial charge in [-0.3, -0.25) is 4.99 Å². The Bertz CT molecular complexity index is 342. The maximum Gasteiger partial charge on any atom is 0.410 e. The number of ether oxygens (including phenoxy) is 1. The van der Waals surface area contributed by atoms with Crippen molar-refractivity contribution in [1.29, 1.82) is 0 Å². The van der Waals surface area contributed by atoms with Gasteiger partial charge in [0, 0.05) is 32.7 Å². The standard InChI is InChI=1S/C14H28N4O2.HI/c1-5-18(13(19)20-14(2,3)4)11-7-10-17-12-15-8-6-9-16-12;/h5-11H2,1-4H3,(H2,15,16,17);1H. The minimum absolute atomic E-state index is 0. The van der Waals surface area contributed by atoms with Gasteiger partial charge in [-0.05, 0) is 40.5 Å². The van der Waals surface area contributed by atoms with Crippen LogP contribution in [0.3, 0.4) is 0 Å². The molecule has 1 amide bonds. The molecular formula is C14H29IN4O2. The van der Waals surface area contributed by atoms with Crippen molar-refractivity contribution in [3.8, 4) is 0 Å². The second kappa shape index (κ2) is 10.1. The van der Waals surface area contributed by atoms with Gasteiger partial charge in [-0.2, -0.15) is 0 Å². The van der Waals surface area contributed by atoms with Crippen LogP contribution in [0.5, 0.6) is 0 Å². The molecule has 0 aromatic heterocycles. The maximum absolute atomic E-state index is 11.9. The molecule has 2 N–H and O–H groups in total. The Morgan fingerprint density at radius 2 is 2.19 bits per heavy atom. The number of halogens is 1. The number of nitrogens with one attached hydrogen (secondary N) is 2. The molecule has 6 nitrogen and oxygen atoms in total. The van der Waals surface area contributed by atoms with E-state index in [1.165, 1.54) is 0 Å². The number of carbonyl (C=O) groups is 1. The molecule has 0 aliphatic carbocycles. The first kappa shape index (κ1) is 20.3. The van der Waals surface area contributed by atoms with Crippen LogP contribution in [0, 0.1) is 0 Å². The average molecular weight is 412 g/mol. The summed E-state index contributed by atoms with van der Waals surface area (Å²) in [7, 11) is 0. The van der Waals surface area contributed by atoms with Gasteiger partial charge in [0.1, 0.15) is 5.60 Å². The molecule has 21 heavy (non-hydrogen) atoms. The van der Waals surface area contributed by atoms with Crippen LogP contribution < -0.4 is 10.6 Å². The van der Waals surface area contributed by atoms with Crippen LogP contribution in [0.2, 0.25) is 0 Å². The molecule has 1 aliphatic heterocycles. The van der Waals surface area contributed by atoms with E-state index < -0.39 is 5.60 Å². The van der Waals surface area contributed by atoms with Crippen LogP contribution in [0.15, 0.2) is 4.99 Å². The highest BCUT2D eigenvalue weighted by molar-refractivity contribution is 14.0. The number of aliphatic imine (C=N–C) groups is 1. The molecule has 1 aliphatic rings.